The maximum atomic E-state index is 12.6. The lowest BCUT2D eigenvalue weighted by Gasteiger charge is -2.10. The highest BCUT2D eigenvalue weighted by Gasteiger charge is 2.30. The molecule has 0 aliphatic rings. The van der Waals surface area contributed by atoms with Crippen LogP contribution in [0, 0.1) is 6.92 Å². The summed E-state index contributed by atoms with van der Waals surface area (Å²) in [5.74, 6) is -0.359. The number of sulfonamides is 1. The van der Waals surface area contributed by atoms with Gasteiger partial charge in [-0.1, -0.05) is 29.8 Å². The number of hydrogen-bond donors (Lipinski definition) is 2. The van der Waals surface area contributed by atoms with Crippen LogP contribution in [0.1, 0.15) is 23.1 Å². The molecule has 168 valence electrons. The average Bonchev–Trinajstić information content (AvgIpc) is 2.74. The fourth-order valence-corrected chi connectivity index (χ4v) is 3.95. The van der Waals surface area contributed by atoms with Gasteiger partial charge < -0.3 is 5.32 Å². The van der Waals surface area contributed by atoms with Crippen molar-refractivity contribution in [2.45, 2.75) is 30.8 Å². The number of aryl methyl sites for hydroxylation is 2. The highest BCUT2D eigenvalue weighted by Crippen LogP contribution is 2.29. The molecule has 0 saturated carbocycles. The number of nitrogens with one attached hydrogen (secondary N) is 2. The molecule has 0 spiro atoms. The molecule has 0 unspecified atom stereocenters. The molecule has 0 atom stereocenters. The van der Waals surface area contributed by atoms with Crippen LogP contribution in [0.15, 0.2) is 77.7 Å². The van der Waals surface area contributed by atoms with E-state index in [1.807, 2.05) is 6.92 Å². The van der Waals surface area contributed by atoms with Crippen LogP contribution in [0.3, 0.4) is 0 Å². The summed E-state index contributed by atoms with van der Waals surface area (Å²) in [5, 5.41) is 2.55. The van der Waals surface area contributed by atoms with E-state index < -0.39 is 21.8 Å². The number of carbonyl (C=O) groups is 1. The Hall–Kier alpha value is -3.33. The van der Waals surface area contributed by atoms with Gasteiger partial charge in [-0.3, -0.25) is 9.52 Å². The molecule has 0 aromatic heterocycles. The minimum atomic E-state index is -4.43. The largest absolute Gasteiger partial charge is 0.416 e. The predicted molar refractivity (Wildman–Crippen MR) is 117 cm³/mol. The van der Waals surface area contributed by atoms with E-state index in [9.17, 15) is 26.4 Å². The first-order valence-electron chi connectivity index (χ1n) is 9.68. The number of rotatable bonds is 7. The third-order valence-corrected chi connectivity index (χ3v) is 6.07. The monoisotopic (exact) mass is 462 g/mol. The highest BCUT2D eigenvalue weighted by atomic mass is 32.2. The first-order chi connectivity index (χ1) is 15.0. The van der Waals surface area contributed by atoms with E-state index in [-0.39, 0.29) is 22.9 Å². The molecule has 0 fully saturated rings. The zero-order chi connectivity index (χ0) is 23.4. The predicted octanol–water partition coefficient (Wildman–Crippen LogP) is 5.39. The molecule has 0 aliphatic heterocycles. The van der Waals surface area contributed by atoms with Gasteiger partial charge in [0.05, 0.1) is 10.5 Å². The molecule has 2 N–H and O–H groups in total. The zero-order valence-corrected chi connectivity index (χ0v) is 17.9. The first kappa shape index (κ1) is 23.3. The lowest BCUT2D eigenvalue weighted by Crippen LogP contribution is -2.14. The quantitative estimate of drug-likeness (QED) is 0.495. The summed E-state index contributed by atoms with van der Waals surface area (Å²) in [6.45, 7) is 1.90. The minimum absolute atomic E-state index is 0.0920. The van der Waals surface area contributed by atoms with Crippen LogP contribution in [0.2, 0.25) is 0 Å². The van der Waals surface area contributed by atoms with Crippen LogP contribution in [-0.4, -0.2) is 14.3 Å². The molecule has 1 amide bonds. The van der Waals surface area contributed by atoms with Crippen molar-refractivity contribution in [3.63, 3.8) is 0 Å². The van der Waals surface area contributed by atoms with Gasteiger partial charge in [0.25, 0.3) is 10.0 Å². The summed E-state index contributed by atoms with van der Waals surface area (Å²) < 4.78 is 65.3. The zero-order valence-electron chi connectivity index (χ0n) is 17.1. The first-order valence-corrected chi connectivity index (χ1v) is 11.2. The Kier molecular flexibility index (Phi) is 6.88. The topological polar surface area (TPSA) is 75.3 Å². The van der Waals surface area contributed by atoms with Gasteiger partial charge in [-0.2, -0.15) is 13.2 Å². The lowest BCUT2D eigenvalue weighted by molar-refractivity contribution is -0.137. The standard InChI is InChI=1S/C23H21F3N2O3S/c1-16-2-9-20(10-3-16)28-32(30,31)21-13-4-17(5-14-21)6-15-22(29)27-19-11-7-18(8-12-19)23(24,25)26/h2-5,7-14,28H,6,15H2,1H3,(H,27,29). The van der Waals surface area contributed by atoms with Crippen LogP contribution in [0.25, 0.3) is 0 Å². The van der Waals surface area contributed by atoms with Crippen molar-refractivity contribution < 1.29 is 26.4 Å². The highest BCUT2D eigenvalue weighted by molar-refractivity contribution is 7.92. The minimum Gasteiger partial charge on any atom is -0.326 e. The van der Waals surface area contributed by atoms with E-state index in [1.165, 1.54) is 24.3 Å². The van der Waals surface area contributed by atoms with Gasteiger partial charge in [-0.25, -0.2) is 8.42 Å². The van der Waals surface area contributed by atoms with Crippen molar-refractivity contribution in [3.8, 4) is 0 Å². The number of amides is 1. The molecule has 32 heavy (non-hydrogen) atoms. The third kappa shape index (κ3) is 6.34. The van der Waals surface area contributed by atoms with Crippen LogP contribution < -0.4 is 10.0 Å². The van der Waals surface area contributed by atoms with Crippen molar-refractivity contribution in [2.24, 2.45) is 0 Å². The van der Waals surface area contributed by atoms with E-state index in [2.05, 4.69) is 10.0 Å². The van der Waals surface area contributed by atoms with Crippen LogP contribution in [0.5, 0.6) is 0 Å². The molecule has 0 heterocycles. The Bertz CT molecular complexity index is 1170. The van der Waals surface area contributed by atoms with Gasteiger partial charge in [0.2, 0.25) is 5.91 Å². The molecule has 5 nitrogen and oxygen atoms in total. The van der Waals surface area contributed by atoms with Gasteiger partial charge in [0.1, 0.15) is 0 Å². The second kappa shape index (κ2) is 9.44. The Morgan fingerprint density at radius 1 is 0.844 bits per heavy atom. The molecule has 3 aromatic rings. The number of anilines is 2. The van der Waals surface area contributed by atoms with Crippen LogP contribution in [-0.2, 0) is 27.4 Å². The molecule has 3 aromatic carbocycles. The second-order valence-electron chi connectivity index (χ2n) is 7.24. The summed E-state index contributed by atoms with van der Waals surface area (Å²) in [6.07, 6.45) is -4.00. The van der Waals surface area contributed by atoms with Crippen molar-refractivity contribution in [2.75, 3.05) is 10.0 Å². The molecule has 3 rings (SSSR count). The van der Waals surface area contributed by atoms with Gasteiger partial charge in [-0.05, 0) is 67.4 Å². The maximum Gasteiger partial charge on any atom is 0.416 e. The van der Waals surface area contributed by atoms with Crippen molar-refractivity contribution in [1.82, 2.24) is 0 Å². The van der Waals surface area contributed by atoms with Gasteiger partial charge in [0, 0.05) is 17.8 Å². The SMILES string of the molecule is Cc1ccc(NS(=O)(=O)c2ccc(CCC(=O)Nc3ccc(C(F)(F)F)cc3)cc2)cc1. The molecular weight excluding hydrogens is 441 g/mol. The lowest BCUT2D eigenvalue weighted by atomic mass is 10.1. The average molecular weight is 462 g/mol. The summed E-state index contributed by atoms with van der Waals surface area (Å²) in [5.41, 5.74) is 1.70. The number of alkyl halides is 3. The van der Waals surface area contributed by atoms with Gasteiger partial charge in [-0.15, -0.1) is 0 Å². The van der Waals surface area contributed by atoms with Gasteiger partial charge >= 0.3 is 6.18 Å². The van der Waals surface area contributed by atoms with E-state index in [0.29, 0.717) is 12.1 Å². The number of benzene rings is 3. The molecule has 0 saturated heterocycles. The van der Waals surface area contributed by atoms with E-state index in [1.54, 1.807) is 36.4 Å². The summed E-state index contributed by atoms with van der Waals surface area (Å²) >= 11 is 0. The summed E-state index contributed by atoms with van der Waals surface area (Å²) in [4.78, 5) is 12.2. The fraction of sp³-hybridized carbons (Fsp3) is 0.174. The molecule has 9 heteroatoms. The molecule has 0 radical (unpaired) electrons. The molecular formula is C23H21F3N2O3S. The fourth-order valence-electron chi connectivity index (χ4n) is 2.89. The summed E-state index contributed by atoms with van der Waals surface area (Å²) in [7, 11) is -3.74. The molecule has 0 bridgehead atoms. The second-order valence-corrected chi connectivity index (χ2v) is 8.92. The Balaban J connectivity index is 1.55. The number of hydrogen-bond acceptors (Lipinski definition) is 3. The molecule has 0 aliphatic carbocycles. The Morgan fingerprint density at radius 3 is 1.97 bits per heavy atom. The van der Waals surface area contributed by atoms with Crippen molar-refractivity contribution in [3.05, 3.63) is 89.5 Å². The normalized spacial score (nSPS) is 11.8. The number of halogens is 3. The Labute approximate surface area is 184 Å². The van der Waals surface area contributed by atoms with Crippen LogP contribution in [0.4, 0.5) is 24.5 Å². The van der Waals surface area contributed by atoms with E-state index in [0.717, 1.165) is 23.3 Å². The number of carbonyl (C=O) groups excluding carboxylic acids is 1. The smallest absolute Gasteiger partial charge is 0.326 e. The van der Waals surface area contributed by atoms with Crippen molar-refractivity contribution >= 4 is 27.3 Å². The summed E-state index contributed by atoms with van der Waals surface area (Å²) in [6, 6.07) is 17.3. The van der Waals surface area contributed by atoms with E-state index >= 15 is 0 Å². The maximum absolute atomic E-state index is 12.6. The van der Waals surface area contributed by atoms with Crippen molar-refractivity contribution in [1.29, 1.82) is 0 Å². The third-order valence-electron chi connectivity index (χ3n) is 4.67. The van der Waals surface area contributed by atoms with E-state index in [4.69, 9.17) is 0 Å². The van der Waals surface area contributed by atoms with Crippen LogP contribution >= 0.6 is 0 Å². The van der Waals surface area contributed by atoms with Gasteiger partial charge in [0.15, 0.2) is 0 Å². The Morgan fingerprint density at radius 2 is 1.41 bits per heavy atom.